The summed E-state index contributed by atoms with van der Waals surface area (Å²) in [5.41, 5.74) is 0. The Bertz CT molecular complexity index is 767. The highest BCUT2D eigenvalue weighted by molar-refractivity contribution is 8.00. The molecular formula is C17H19ClN2O2S2. The number of sulfonamides is 1. The molecule has 1 fully saturated rings. The topological polar surface area (TPSA) is 59.1 Å². The predicted molar refractivity (Wildman–Crippen MR) is 97.9 cm³/mol. The van der Waals surface area contributed by atoms with Crippen LogP contribution in [0.15, 0.2) is 58.6 Å². The van der Waals surface area contributed by atoms with Gasteiger partial charge in [0.1, 0.15) is 0 Å². The van der Waals surface area contributed by atoms with Crippen molar-refractivity contribution < 1.29 is 8.42 Å². The molecule has 4 nitrogen and oxygen atoms in total. The first kappa shape index (κ1) is 17.7. The summed E-state index contributed by atoms with van der Waals surface area (Å²) in [5.74, 6) is 0. The number of nitrogens with one attached hydrogen (secondary N) is 1. The van der Waals surface area contributed by atoms with Gasteiger partial charge >= 0.3 is 0 Å². The van der Waals surface area contributed by atoms with Crippen LogP contribution in [0.1, 0.15) is 25.7 Å². The third-order valence-electron chi connectivity index (χ3n) is 4.04. The fourth-order valence-corrected chi connectivity index (χ4v) is 5.59. The molecule has 1 aromatic heterocycles. The van der Waals surface area contributed by atoms with Gasteiger partial charge in [-0.1, -0.05) is 30.5 Å². The summed E-state index contributed by atoms with van der Waals surface area (Å²) in [7, 11) is -3.54. The first-order chi connectivity index (χ1) is 11.5. The Morgan fingerprint density at radius 3 is 2.54 bits per heavy atom. The summed E-state index contributed by atoms with van der Waals surface area (Å²) >= 11 is 7.49. The smallest absolute Gasteiger partial charge is 0.240 e. The number of pyridine rings is 1. The summed E-state index contributed by atoms with van der Waals surface area (Å²) in [6.45, 7) is 0. The number of hydrogen-bond donors (Lipinski definition) is 1. The van der Waals surface area contributed by atoms with Crippen molar-refractivity contribution in [3.05, 3.63) is 53.7 Å². The van der Waals surface area contributed by atoms with Crippen molar-refractivity contribution in [2.24, 2.45) is 0 Å². The standard InChI is InChI=1S/C17H19ClN2O2S2/c18-13-8-10-14(11-9-13)24(21,22)20-15-5-1-2-6-16(15)23-17-7-3-4-12-19-17/h3-4,7-12,15-16,20H,1-2,5-6H2/t15-,16-/m0/s1. The van der Waals surface area contributed by atoms with Crippen molar-refractivity contribution in [1.29, 1.82) is 0 Å². The Hall–Kier alpha value is -1.08. The van der Waals surface area contributed by atoms with Gasteiger partial charge in [0.25, 0.3) is 0 Å². The third kappa shape index (κ3) is 4.51. The Morgan fingerprint density at radius 2 is 1.83 bits per heavy atom. The molecule has 1 aliphatic rings. The number of hydrogen-bond acceptors (Lipinski definition) is 4. The van der Waals surface area contributed by atoms with E-state index in [2.05, 4.69) is 9.71 Å². The Labute approximate surface area is 152 Å². The van der Waals surface area contributed by atoms with Gasteiger partial charge in [0, 0.05) is 22.5 Å². The second-order valence-corrected chi connectivity index (χ2v) is 9.20. The van der Waals surface area contributed by atoms with Crippen LogP contribution < -0.4 is 4.72 Å². The summed E-state index contributed by atoms with van der Waals surface area (Å²) in [5, 5.41) is 1.64. The zero-order chi connectivity index (χ0) is 17.0. The molecule has 0 spiro atoms. The predicted octanol–water partition coefficient (Wildman–Crippen LogP) is 4.12. The van der Waals surface area contributed by atoms with E-state index >= 15 is 0 Å². The monoisotopic (exact) mass is 382 g/mol. The molecule has 1 saturated carbocycles. The van der Waals surface area contributed by atoms with Crippen molar-refractivity contribution in [3.63, 3.8) is 0 Å². The molecule has 2 atom stereocenters. The summed E-state index contributed by atoms with van der Waals surface area (Å²) in [6.07, 6.45) is 5.74. The molecule has 2 aromatic rings. The molecule has 1 N–H and O–H groups in total. The van der Waals surface area contributed by atoms with E-state index in [9.17, 15) is 8.42 Å². The van der Waals surface area contributed by atoms with Gasteiger partial charge in [-0.3, -0.25) is 0 Å². The van der Waals surface area contributed by atoms with E-state index in [4.69, 9.17) is 11.6 Å². The van der Waals surface area contributed by atoms with Gasteiger partial charge in [0.15, 0.2) is 0 Å². The summed E-state index contributed by atoms with van der Waals surface area (Å²) in [6, 6.07) is 12.0. The molecule has 0 radical (unpaired) electrons. The maximum Gasteiger partial charge on any atom is 0.240 e. The molecule has 3 rings (SSSR count). The van der Waals surface area contributed by atoms with Crippen LogP contribution in [0.25, 0.3) is 0 Å². The van der Waals surface area contributed by atoms with Crippen LogP contribution in [0.3, 0.4) is 0 Å². The zero-order valence-corrected chi connectivity index (χ0v) is 15.4. The van der Waals surface area contributed by atoms with E-state index < -0.39 is 10.0 Å². The molecular weight excluding hydrogens is 364 g/mol. The lowest BCUT2D eigenvalue weighted by molar-refractivity contribution is 0.422. The van der Waals surface area contributed by atoms with Crippen molar-refractivity contribution in [1.82, 2.24) is 9.71 Å². The van der Waals surface area contributed by atoms with Crippen LogP contribution in [0.4, 0.5) is 0 Å². The SMILES string of the molecule is O=S(=O)(N[C@H]1CCCC[C@@H]1Sc1ccccn1)c1ccc(Cl)cc1. The van der Waals surface area contributed by atoms with Gasteiger partial charge in [0.2, 0.25) is 10.0 Å². The number of aromatic nitrogens is 1. The minimum Gasteiger partial charge on any atom is -0.250 e. The van der Waals surface area contributed by atoms with E-state index in [0.29, 0.717) is 5.02 Å². The maximum atomic E-state index is 12.6. The number of rotatable bonds is 5. The largest absolute Gasteiger partial charge is 0.250 e. The molecule has 1 aromatic carbocycles. The maximum absolute atomic E-state index is 12.6. The van der Waals surface area contributed by atoms with Gasteiger partial charge < -0.3 is 0 Å². The quantitative estimate of drug-likeness (QED) is 0.845. The van der Waals surface area contributed by atoms with Crippen molar-refractivity contribution >= 4 is 33.4 Å². The van der Waals surface area contributed by atoms with E-state index in [0.717, 1.165) is 30.7 Å². The third-order valence-corrected chi connectivity index (χ3v) is 7.15. The van der Waals surface area contributed by atoms with E-state index in [1.807, 2.05) is 18.2 Å². The van der Waals surface area contributed by atoms with Crippen LogP contribution in [0, 0.1) is 0 Å². The Morgan fingerprint density at radius 1 is 1.08 bits per heavy atom. The van der Waals surface area contributed by atoms with E-state index in [-0.39, 0.29) is 16.2 Å². The van der Waals surface area contributed by atoms with Crippen LogP contribution in [0.2, 0.25) is 5.02 Å². The summed E-state index contributed by atoms with van der Waals surface area (Å²) in [4.78, 5) is 4.59. The minimum atomic E-state index is -3.54. The average Bonchev–Trinajstić information content (AvgIpc) is 2.58. The van der Waals surface area contributed by atoms with Crippen molar-refractivity contribution in [2.75, 3.05) is 0 Å². The van der Waals surface area contributed by atoms with E-state index in [1.165, 1.54) is 12.1 Å². The van der Waals surface area contributed by atoms with Crippen LogP contribution in [-0.4, -0.2) is 24.7 Å². The molecule has 24 heavy (non-hydrogen) atoms. The highest BCUT2D eigenvalue weighted by atomic mass is 35.5. The van der Waals surface area contributed by atoms with Gasteiger partial charge in [0.05, 0.1) is 9.92 Å². The molecule has 128 valence electrons. The first-order valence-electron chi connectivity index (χ1n) is 7.90. The lowest BCUT2D eigenvalue weighted by atomic mass is 9.96. The molecule has 7 heteroatoms. The second kappa shape index (κ2) is 7.87. The fraction of sp³-hybridized carbons (Fsp3) is 0.353. The molecule has 0 unspecified atom stereocenters. The molecule has 0 saturated heterocycles. The van der Waals surface area contributed by atoms with Crippen LogP contribution in [0.5, 0.6) is 0 Å². The Kier molecular flexibility index (Phi) is 5.81. The molecule has 1 heterocycles. The molecule has 0 aliphatic heterocycles. The van der Waals surface area contributed by atoms with Gasteiger partial charge in [-0.2, -0.15) is 0 Å². The molecule has 0 bridgehead atoms. The molecule has 1 aliphatic carbocycles. The highest BCUT2D eigenvalue weighted by Crippen LogP contribution is 2.33. The minimum absolute atomic E-state index is 0.0913. The fourth-order valence-electron chi connectivity index (χ4n) is 2.83. The van der Waals surface area contributed by atoms with Crippen molar-refractivity contribution in [3.8, 4) is 0 Å². The van der Waals surface area contributed by atoms with Crippen LogP contribution >= 0.6 is 23.4 Å². The molecule has 0 amide bonds. The average molecular weight is 383 g/mol. The number of thioether (sulfide) groups is 1. The first-order valence-corrected chi connectivity index (χ1v) is 10.6. The van der Waals surface area contributed by atoms with Gasteiger partial charge in [-0.25, -0.2) is 18.1 Å². The summed E-state index contributed by atoms with van der Waals surface area (Å²) < 4.78 is 28.1. The highest BCUT2D eigenvalue weighted by Gasteiger charge is 2.30. The zero-order valence-electron chi connectivity index (χ0n) is 13.1. The second-order valence-electron chi connectivity index (χ2n) is 5.79. The van der Waals surface area contributed by atoms with Gasteiger partial charge in [-0.05, 0) is 49.2 Å². The lowest BCUT2D eigenvalue weighted by Gasteiger charge is -2.31. The lowest BCUT2D eigenvalue weighted by Crippen LogP contribution is -2.43. The Balaban J connectivity index is 1.74. The normalized spacial score (nSPS) is 21.5. The number of halogens is 1. The van der Waals surface area contributed by atoms with Crippen molar-refractivity contribution in [2.45, 2.75) is 46.9 Å². The van der Waals surface area contributed by atoms with Gasteiger partial charge in [-0.15, -0.1) is 11.8 Å². The van der Waals surface area contributed by atoms with Crippen LogP contribution in [-0.2, 0) is 10.0 Å². The van der Waals surface area contributed by atoms with E-state index in [1.54, 1.807) is 30.1 Å². The number of nitrogens with zero attached hydrogens (tertiary/aromatic N) is 1. The number of benzene rings is 1.